The summed E-state index contributed by atoms with van der Waals surface area (Å²) in [4.78, 5) is 21.9. The van der Waals surface area contributed by atoms with Gasteiger partial charge in [0.2, 0.25) is 11.9 Å². The van der Waals surface area contributed by atoms with Crippen molar-refractivity contribution in [3.05, 3.63) is 24.3 Å². The number of nitrogens with zero attached hydrogens (tertiary/aromatic N) is 2. The average molecular weight is 274 g/mol. The van der Waals surface area contributed by atoms with Gasteiger partial charge in [0.1, 0.15) is 6.04 Å². The Hall–Kier alpha value is -1.92. The number of fused-ring (bicyclic) bond motifs is 1. The Morgan fingerprint density at radius 1 is 1.55 bits per heavy atom. The highest BCUT2D eigenvalue weighted by molar-refractivity contribution is 5.95. The fourth-order valence-electron chi connectivity index (χ4n) is 2.47. The Bertz CT molecular complexity index is 577. The van der Waals surface area contributed by atoms with Crippen LogP contribution in [0, 0.1) is 0 Å². The summed E-state index contributed by atoms with van der Waals surface area (Å²) in [7, 11) is 0. The number of morpholine rings is 1. The van der Waals surface area contributed by atoms with Crippen LogP contribution in [-0.2, 0) is 9.53 Å². The Labute approximate surface area is 117 Å². The van der Waals surface area contributed by atoms with Gasteiger partial charge < -0.3 is 9.72 Å². The van der Waals surface area contributed by atoms with Gasteiger partial charge in [-0.3, -0.25) is 15.0 Å². The highest BCUT2D eigenvalue weighted by Crippen LogP contribution is 2.14. The zero-order valence-electron chi connectivity index (χ0n) is 11.4. The number of H-pyrrole nitrogens is 1. The second-order valence-corrected chi connectivity index (χ2v) is 4.81. The van der Waals surface area contributed by atoms with Crippen LogP contribution in [0.25, 0.3) is 11.0 Å². The maximum atomic E-state index is 12.3. The van der Waals surface area contributed by atoms with E-state index in [1.165, 1.54) is 0 Å². The van der Waals surface area contributed by atoms with Crippen LogP contribution < -0.4 is 5.32 Å². The van der Waals surface area contributed by atoms with Gasteiger partial charge in [-0.05, 0) is 18.7 Å². The van der Waals surface area contributed by atoms with Gasteiger partial charge in [0.25, 0.3) is 0 Å². The topological polar surface area (TPSA) is 70.2 Å². The first kappa shape index (κ1) is 13.1. The Morgan fingerprint density at radius 3 is 3.20 bits per heavy atom. The molecule has 6 heteroatoms. The smallest absolute Gasteiger partial charge is 0.246 e. The van der Waals surface area contributed by atoms with Gasteiger partial charge in [0.15, 0.2) is 0 Å². The average Bonchev–Trinajstić information content (AvgIpc) is 2.89. The summed E-state index contributed by atoms with van der Waals surface area (Å²) in [6, 6.07) is 7.44. The molecule has 0 spiro atoms. The number of hydrogen-bond donors (Lipinski definition) is 2. The van der Waals surface area contributed by atoms with Crippen LogP contribution in [0.3, 0.4) is 0 Å². The highest BCUT2D eigenvalue weighted by atomic mass is 16.5. The molecule has 2 heterocycles. The Morgan fingerprint density at radius 2 is 2.40 bits per heavy atom. The minimum atomic E-state index is -0.248. The fourth-order valence-corrected chi connectivity index (χ4v) is 2.47. The van der Waals surface area contributed by atoms with Crippen LogP contribution >= 0.6 is 0 Å². The largest absolute Gasteiger partial charge is 0.378 e. The lowest BCUT2D eigenvalue weighted by molar-refractivity contribution is -0.127. The first-order valence-electron chi connectivity index (χ1n) is 6.85. The summed E-state index contributed by atoms with van der Waals surface area (Å²) in [5, 5.41) is 2.84. The summed E-state index contributed by atoms with van der Waals surface area (Å²) in [5.41, 5.74) is 1.75. The number of hydrogen-bond acceptors (Lipinski definition) is 4. The molecule has 1 unspecified atom stereocenters. The molecule has 1 aliphatic rings. The van der Waals surface area contributed by atoms with E-state index in [-0.39, 0.29) is 11.9 Å². The van der Waals surface area contributed by atoms with E-state index in [0.717, 1.165) is 24.1 Å². The van der Waals surface area contributed by atoms with E-state index in [2.05, 4.69) is 20.2 Å². The molecule has 3 rings (SSSR count). The SMILES string of the molecule is CCN1CCOCC1C(=O)Nc1nc2ccccc2[nH]1. The van der Waals surface area contributed by atoms with E-state index in [4.69, 9.17) is 4.74 Å². The fraction of sp³-hybridized carbons (Fsp3) is 0.429. The number of carbonyl (C=O) groups is 1. The lowest BCUT2D eigenvalue weighted by Crippen LogP contribution is -2.51. The maximum Gasteiger partial charge on any atom is 0.246 e. The molecule has 1 saturated heterocycles. The second kappa shape index (κ2) is 5.60. The van der Waals surface area contributed by atoms with Crippen molar-refractivity contribution < 1.29 is 9.53 Å². The van der Waals surface area contributed by atoms with Crippen molar-refractivity contribution >= 4 is 22.9 Å². The maximum absolute atomic E-state index is 12.3. The highest BCUT2D eigenvalue weighted by Gasteiger charge is 2.28. The van der Waals surface area contributed by atoms with E-state index < -0.39 is 0 Å². The number of benzene rings is 1. The molecule has 1 aromatic carbocycles. The predicted molar refractivity (Wildman–Crippen MR) is 76.6 cm³/mol. The summed E-state index contributed by atoms with van der Waals surface area (Å²) < 4.78 is 5.40. The molecule has 2 aromatic rings. The molecule has 1 atom stereocenters. The molecule has 2 N–H and O–H groups in total. The lowest BCUT2D eigenvalue weighted by Gasteiger charge is -2.33. The van der Waals surface area contributed by atoms with Crippen molar-refractivity contribution in [2.45, 2.75) is 13.0 Å². The van der Waals surface area contributed by atoms with Crippen molar-refractivity contribution in [1.82, 2.24) is 14.9 Å². The van der Waals surface area contributed by atoms with Crippen LogP contribution in [0.1, 0.15) is 6.92 Å². The molecular weight excluding hydrogens is 256 g/mol. The third-order valence-corrected chi connectivity index (χ3v) is 3.58. The third-order valence-electron chi connectivity index (χ3n) is 3.58. The molecule has 0 saturated carbocycles. The zero-order valence-corrected chi connectivity index (χ0v) is 11.4. The summed E-state index contributed by atoms with van der Waals surface area (Å²) in [6.45, 7) is 4.78. The normalized spacial score (nSPS) is 20.1. The van der Waals surface area contributed by atoms with Crippen molar-refractivity contribution in [2.24, 2.45) is 0 Å². The van der Waals surface area contributed by atoms with Crippen molar-refractivity contribution in [2.75, 3.05) is 31.6 Å². The molecule has 0 aliphatic carbocycles. The lowest BCUT2D eigenvalue weighted by atomic mass is 10.2. The number of imidazole rings is 1. The van der Waals surface area contributed by atoms with Crippen LogP contribution in [0.2, 0.25) is 0 Å². The van der Waals surface area contributed by atoms with E-state index in [1.54, 1.807) is 0 Å². The van der Waals surface area contributed by atoms with Crippen LogP contribution in [0.5, 0.6) is 0 Å². The zero-order chi connectivity index (χ0) is 13.9. The molecule has 0 bridgehead atoms. The van der Waals surface area contributed by atoms with Gasteiger partial charge in [-0.1, -0.05) is 19.1 Å². The molecule has 1 fully saturated rings. The first-order chi connectivity index (χ1) is 9.78. The summed E-state index contributed by atoms with van der Waals surface area (Å²) in [6.07, 6.45) is 0. The minimum Gasteiger partial charge on any atom is -0.378 e. The number of carbonyl (C=O) groups excluding carboxylic acids is 1. The number of ether oxygens (including phenoxy) is 1. The number of para-hydroxylation sites is 2. The van der Waals surface area contributed by atoms with Gasteiger partial charge >= 0.3 is 0 Å². The van der Waals surface area contributed by atoms with E-state index in [1.807, 2.05) is 31.2 Å². The Balaban J connectivity index is 1.74. The van der Waals surface area contributed by atoms with Crippen molar-refractivity contribution in [1.29, 1.82) is 0 Å². The standard InChI is InChI=1S/C14H18N4O2/c1-2-18-7-8-20-9-12(18)13(19)17-14-15-10-5-3-4-6-11(10)16-14/h3-6,12H,2,7-9H2,1H3,(H2,15,16,17,19). The monoisotopic (exact) mass is 274 g/mol. The van der Waals surface area contributed by atoms with Gasteiger partial charge in [0.05, 0.1) is 24.2 Å². The van der Waals surface area contributed by atoms with Gasteiger partial charge in [-0.15, -0.1) is 0 Å². The van der Waals surface area contributed by atoms with E-state index in [0.29, 0.717) is 19.2 Å². The first-order valence-corrected chi connectivity index (χ1v) is 6.85. The van der Waals surface area contributed by atoms with Crippen LogP contribution in [0.15, 0.2) is 24.3 Å². The molecule has 106 valence electrons. The molecule has 1 amide bonds. The number of anilines is 1. The van der Waals surface area contributed by atoms with Gasteiger partial charge in [-0.2, -0.15) is 0 Å². The molecule has 1 aliphatic heterocycles. The number of rotatable bonds is 3. The summed E-state index contributed by atoms with van der Waals surface area (Å²) in [5.74, 6) is 0.406. The molecule has 20 heavy (non-hydrogen) atoms. The number of likely N-dealkylation sites (N-methyl/N-ethyl adjacent to an activating group) is 1. The van der Waals surface area contributed by atoms with Crippen molar-refractivity contribution in [3.8, 4) is 0 Å². The van der Waals surface area contributed by atoms with Gasteiger partial charge in [-0.25, -0.2) is 4.98 Å². The molecule has 6 nitrogen and oxygen atoms in total. The predicted octanol–water partition coefficient (Wildman–Crippen LogP) is 1.22. The minimum absolute atomic E-state index is 0.0781. The van der Waals surface area contributed by atoms with Crippen LogP contribution in [0.4, 0.5) is 5.95 Å². The Kier molecular flexibility index (Phi) is 3.66. The van der Waals surface area contributed by atoms with E-state index >= 15 is 0 Å². The molecule has 0 radical (unpaired) electrons. The number of aromatic nitrogens is 2. The summed E-state index contributed by atoms with van der Waals surface area (Å²) >= 11 is 0. The second-order valence-electron chi connectivity index (χ2n) is 4.81. The van der Waals surface area contributed by atoms with E-state index in [9.17, 15) is 4.79 Å². The third kappa shape index (κ3) is 2.52. The number of nitrogens with one attached hydrogen (secondary N) is 2. The van der Waals surface area contributed by atoms with Crippen molar-refractivity contribution in [3.63, 3.8) is 0 Å². The molecule has 1 aromatic heterocycles. The quantitative estimate of drug-likeness (QED) is 0.883. The molecular formula is C14H18N4O2. The van der Waals surface area contributed by atoms with Crippen LogP contribution in [-0.4, -0.2) is 53.1 Å². The number of aromatic amines is 1. The van der Waals surface area contributed by atoms with Gasteiger partial charge in [0, 0.05) is 6.54 Å². The number of amides is 1.